The van der Waals surface area contributed by atoms with Gasteiger partial charge in [-0.15, -0.1) is 0 Å². The molecule has 0 heterocycles. The maximum Gasteiger partial charge on any atom is 0.360 e. The molecule has 0 saturated carbocycles. The average Bonchev–Trinajstić information content (AvgIpc) is 2.58. The predicted molar refractivity (Wildman–Crippen MR) is 102 cm³/mol. The quantitative estimate of drug-likeness (QED) is 0.141. The average molecular weight is 438 g/mol. The summed E-state index contributed by atoms with van der Waals surface area (Å²) < 4.78 is 27.1. The third-order valence-corrected chi connectivity index (χ3v) is 4.48. The first kappa shape index (κ1) is 27.1. The molecule has 0 saturated heterocycles. The molecular weight excluding hydrogens is 408 g/mol. The van der Waals surface area contributed by atoms with E-state index in [9.17, 15) is 28.5 Å². The zero-order chi connectivity index (χ0) is 22.3. The highest BCUT2D eigenvalue weighted by molar-refractivity contribution is 7.74. The van der Waals surface area contributed by atoms with Gasteiger partial charge in [-0.25, -0.2) is 4.79 Å². The maximum absolute atomic E-state index is 11.7. The lowest BCUT2D eigenvalue weighted by Gasteiger charge is -2.20. The second kappa shape index (κ2) is 15.1. The molecular formula is C18H30O10S. The predicted octanol–water partition coefficient (Wildman–Crippen LogP) is 2.25. The monoisotopic (exact) mass is 438 g/mol. The Labute approximate surface area is 172 Å². The van der Waals surface area contributed by atoms with Crippen LogP contribution in [-0.4, -0.2) is 48.5 Å². The number of aliphatic carboxylic acids is 1. The van der Waals surface area contributed by atoms with E-state index in [1.54, 1.807) is 0 Å². The van der Waals surface area contributed by atoms with Crippen molar-refractivity contribution in [1.29, 1.82) is 0 Å². The van der Waals surface area contributed by atoms with E-state index < -0.39 is 53.7 Å². The van der Waals surface area contributed by atoms with Gasteiger partial charge in [0.15, 0.2) is 5.60 Å². The summed E-state index contributed by atoms with van der Waals surface area (Å²) in [4.78, 5) is 45.7. The Balaban J connectivity index is 4.18. The maximum atomic E-state index is 11.7. The Morgan fingerprint density at radius 3 is 1.79 bits per heavy atom. The minimum absolute atomic E-state index is 0.0292. The van der Waals surface area contributed by atoms with Crippen LogP contribution in [0.5, 0.6) is 0 Å². The molecule has 0 aliphatic rings. The first-order valence-corrected chi connectivity index (χ1v) is 10.6. The third-order valence-electron chi connectivity index (χ3n) is 4.15. The molecule has 168 valence electrons. The second-order valence-corrected chi connectivity index (χ2v) is 7.39. The van der Waals surface area contributed by atoms with Gasteiger partial charge in [0.1, 0.15) is 0 Å². The summed E-state index contributed by atoms with van der Waals surface area (Å²) in [5, 5.41) is 18.9. The number of carboxylic acids is 1. The van der Waals surface area contributed by atoms with Gasteiger partial charge in [-0.2, -0.15) is 4.21 Å². The molecule has 29 heavy (non-hydrogen) atoms. The molecule has 0 fully saturated rings. The molecule has 0 aromatic heterocycles. The van der Waals surface area contributed by atoms with Crippen LogP contribution in [-0.2, 0) is 39.5 Å². The van der Waals surface area contributed by atoms with Crippen LogP contribution < -0.4 is 0 Å². The normalized spacial score (nSPS) is 13.9. The van der Waals surface area contributed by atoms with Crippen LogP contribution in [0.4, 0.5) is 0 Å². The van der Waals surface area contributed by atoms with Crippen LogP contribution in [0.25, 0.3) is 0 Å². The van der Waals surface area contributed by atoms with E-state index in [4.69, 9.17) is 9.66 Å². The van der Waals surface area contributed by atoms with Crippen LogP contribution in [0.3, 0.4) is 0 Å². The highest BCUT2D eigenvalue weighted by Crippen LogP contribution is 2.19. The molecule has 0 spiro atoms. The lowest BCUT2D eigenvalue weighted by molar-refractivity contribution is -0.174. The van der Waals surface area contributed by atoms with Crippen molar-refractivity contribution >= 4 is 35.2 Å². The summed E-state index contributed by atoms with van der Waals surface area (Å²) in [6, 6.07) is 0. The summed E-state index contributed by atoms with van der Waals surface area (Å²) in [5.41, 5.74) is -2.93. The van der Waals surface area contributed by atoms with E-state index in [1.165, 1.54) is 25.7 Å². The van der Waals surface area contributed by atoms with Gasteiger partial charge in [-0.05, 0) is 6.42 Å². The number of ether oxygens (including phenoxy) is 1. The molecule has 0 aliphatic carbocycles. The van der Waals surface area contributed by atoms with Crippen LogP contribution in [0.15, 0.2) is 0 Å². The minimum atomic E-state index is -3.00. The van der Waals surface area contributed by atoms with Gasteiger partial charge in [-0.3, -0.25) is 18.9 Å². The molecule has 0 aliphatic heterocycles. The molecule has 0 aromatic carbocycles. The Bertz CT molecular complexity index is 577. The Morgan fingerprint density at radius 2 is 1.31 bits per heavy atom. The van der Waals surface area contributed by atoms with E-state index in [-0.39, 0.29) is 6.42 Å². The third kappa shape index (κ3) is 13.9. The van der Waals surface area contributed by atoms with Gasteiger partial charge in [0.2, 0.25) is 0 Å². The molecule has 0 amide bonds. The Kier molecular flexibility index (Phi) is 14.1. The molecule has 10 nitrogen and oxygen atoms in total. The summed E-state index contributed by atoms with van der Waals surface area (Å²) >= 11 is -3.00. The topological polar surface area (TPSA) is 165 Å². The number of carbonyl (C=O) groups is 4. The highest BCUT2D eigenvalue weighted by Gasteiger charge is 2.42. The summed E-state index contributed by atoms with van der Waals surface area (Å²) in [7, 11) is 0. The standard InChI is InChI=1S/C18H30O10S/c1-2-3-4-5-6-7-8-9-10-11-14(19)27-15(20)12-18(24,17(22)23)13-16(21)28-29(25)26/h24H,2-13H2,1H3,(H,22,23)(H,25,26). The van der Waals surface area contributed by atoms with Crippen molar-refractivity contribution in [2.75, 3.05) is 0 Å². The van der Waals surface area contributed by atoms with Gasteiger partial charge in [0.05, 0.1) is 12.8 Å². The summed E-state index contributed by atoms with van der Waals surface area (Å²) in [6.45, 7) is 2.15. The minimum Gasteiger partial charge on any atom is -0.479 e. The van der Waals surface area contributed by atoms with Crippen LogP contribution >= 0.6 is 0 Å². The highest BCUT2D eigenvalue weighted by atomic mass is 32.2. The molecule has 11 heteroatoms. The van der Waals surface area contributed by atoms with E-state index in [2.05, 4.69) is 15.8 Å². The number of carbonyl (C=O) groups excluding carboxylic acids is 3. The SMILES string of the molecule is CCCCCCCCCCCC(=O)OC(=O)CC(O)(CC(=O)OS(=O)O)C(=O)O. The van der Waals surface area contributed by atoms with Crippen LogP contribution in [0, 0.1) is 0 Å². The van der Waals surface area contributed by atoms with E-state index in [0.717, 1.165) is 25.7 Å². The molecule has 2 atom stereocenters. The second-order valence-electron chi connectivity index (χ2n) is 6.79. The smallest absolute Gasteiger partial charge is 0.360 e. The fourth-order valence-corrected chi connectivity index (χ4v) is 2.81. The number of rotatable bonds is 16. The summed E-state index contributed by atoms with van der Waals surface area (Å²) in [5.74, 6) is -5.63. The molecule has 3 N–H and O–H groups in total. The van der Waals surface area contributed by atoms with Crippen LogP contribution in [0.2, 0.25) is 0 Å². The summed E-state index contributed by atoms with van der Waals surface area (Å²) in [6.07, 6.45) is 6.83. The van der Waals surface area contributed by atoms with Gasteiger partial charge < -0.3 is 19.1 Å². The van der Waals surface area contributed by atoms with Crippen molar-refractivity contribution in [2.24, 2.45) is 0 Å². The first-order valence-electron chi connectivity index (χ1n) is 9.62. The van der Waals surface area contributed by atoms with Gasteiger partial charge >= 0.3 is 35.2 Å². The van der Waals surface area contributed by atoms with Crippen molar-refractivity contribution < 1.29 is 47.1 Å². The number of aliphatic hydroxyl groups is 1. The Hall–Kier alpha value is -1.85. The molecule has 0 rings (SSSR count). The van der Waals surface area contributed by atoms with Gasteiger partial charge in [0.25, 0.3) is 0 Å². The molecule has 2 unspecified atom stereocenters. The number of carboxylic acid groups (broad SMARTS) is 1. The van der Waals surface area contributed by atoms with Crippen molar-refractivity contribution in [3.8, 4) is 0 Å². The fourth-order valence-electron chi connectivity index (χ4n) is 2.59. The zero-order valence-electron chi connectivity index (χ0n) is 16.6. The number of unbranched alkanes of at least 4 members (excludes halogenated alkanes) is 8. The van der Waals surface area contributed by atoms with Crippen LogP contribution in [0.1, 0.15) is 84.0 Å². The van der Waals surface area contributed by atoms with Crippen molar-refractivity contribution in [1.82, 2.24) is 0 Å². The van der Waals surface area contributed by atoms with Crippen molar-refractivity contribution in [3.05, 3.63) is 0 Å². The number of hydrogen-bond acceptors (Lipinski definition) is 8. The molecule has 0 bridgehead atoms. The van der Waals surface area contributed by atoms with E-state index >= 15 is 0 Å². The fraction of sp³-hybridized carbons (Fsp3) is 0.778. The zero-order valence-corrected chi connectivity index (χ0v) is 17.4. The first-order chi connectivity index (χ1) is 13.6. The van der Waals surface area contributed by atoms with E-state index in [1.807, 2.05) is 0 Å². The lowest BCUT2D eigenvalue weighted by atomic mass is 9.96. The van der Waals surface area contributed by atoms with Crippen molar-refractivity contribution in [3.63, 3.8) is 0 Å². The van der Waals surface area contributed by atoms with E-state index in [0.29, 0.717) is 6.42 Å². The van der Waals surface area contributed by atoms with Gasteiger partial charge in [0, 0.05) is 6.42 Å². The van der Waals surface area contributed by atoms with Gasteiger partial charge in [-0.1, -0.05) is 58.3 Å². The lowest BCUT2D eigenvalue weighted by Crippen LogP contribution is -2.43. The largest absolute Gasteiger partial charge is 0.479 e. The Morgan fingerprint density at radius 1 is 0.828 bits per heavy atom. The molecule has 0 aromatic rings. The molecule has 0 radical (unpaired) electrons. The number of hydrogen-bond donors (Lipinski definition) is 3. The van der Waals surface area contributed by atoms with Crippen molar-refractivity contribution in [2.45, 2.75) is 89.6 Å². The number of esters is 2.